The molecule has 14 heteroatoms. The first-order valence-corrected chi connectivity index (χ1v) is 14.9. The quantitative estimate of drug-likeness (QED) is 0.0952. The highest BCUT2D eigenvalue weighted by molar-refractivity contribution is 5.81. The molecule has 246 valence electrons. The van der Waals surface area contributed by atoms with Crippen molar-refractivity contribution in [1.82, 2.24) is 0 Å². The Kier molecular flexibility index (Phi) is 8.90. The molecular weight excluding hydrogens is 644 g/mol. The molecule has 6 rings (SSSR count). The van der Waals surface area contributed by atoms with Crippen molar-refractivity contribution >= 4 is 56.9 Å². The number of non-ortho nitro benzene ring substituents is 4. The Morgan fingerprint density at radius 2 is 0.440 bits per heavy atom. The molecule has 0 saturated carbocycles. The van der Waals surface area contributed by atoms with Crippen LogP contribution in [0.1, 0.15) is 0 Å². The van der Waals surface area contributed by atoms with Gasteiger partial charge in [-0.2, -0.15) is 0 Å². The molecule has 0 spiro atoms. The molecule has 50 heavy (non-hydrogen) atoms. The first-order valence-electron chi connectivity index (χ1n) is 14.9. The zero-order valence-electron chi connectivity index (χ0n) is 25.8. The number of nitrogens with zero attached hydrogens (tertiary/aromatic N) is 6. The summed E-state index contributed by atoms with van der Waals surface area (Å²) in [6.07, 6.45) is 0. The second-order valence-electron chi connectivity index (χ2n) is 10.9. The molecule has 0 aliphatic heterocycles. The second-order valence-corrected chi connectivity index (χ2v) is 10.9. The summed E-state index contributed by atoms with van der Waals surface area (Å²) in [6, 6.07) is 39.0. The van der Waals surface area contributed by atoms with Gasteiger partial charge in [0.15, 0.2) is 0 Å². The van der Waals surface area contributed by atoms with Gasteiger partial charge in [-0.05, 0) is 83.9 Å². The van der Waals surface area contributed by atoms with Crippen molar-refractivity contribution in [3.63, 3.8) is 0 Å². The third-order valence-corrected chi connectivity index (χ3v) is 7.86. The maximum absolute atomic E-state index is 11.2. The molecule has 0 aromatic heterocycles. The van der Waals surface area contributed by atoms with Crippen LogP contribution in [-0.2, 0) is 0 Å². The summed E-state index contributed by atoms with van der Waals surface area (Å²) in [5.41, 5.74) is 5.29. The van der Waals surface area contributed by atoms with Crippen LogP contribution in [0.5, 0.6) is 0 Å². The van der Waals surface area contributed by atoms with Gasteiger partial charge in [0, 0.05) is 82.7 Å². The lowest BCUT2D eigenvalue weighted by Gasteiger charge is -2.26. The van der Waals surface area contributed by atoms with Gasteiger partial charge in [0.25, 0.3) is 22.7 Å². The van der Waals surface area contributed by atoms with E-state index in [0.29, 0.717) is 34.1 Å². The summed E-state index contributed by atoms with van der Waals surface area (Å²) in [5, 5.41) is 45.0. The molecule has 0 N–H and O–H groups in total. The molecule has 0 aliphatic rings. The van der Waals surface area contributed by atoms with Crippen LogP contribution >= 0.6 is 0 Å². The summed E-state index contributed by atoms with van der Waals surface area (Å²) in [7, 11) is 0. The van der Waals surface area contributed by atoms with E-state index >= 15 is 0 Å². The lowest BCUT2D eigenvalue weighted by Crippen LogP contribution is -2.10. The maximum Gasteiger partial charge on any atom is 0.269 e. The SMILES string of the molecule is O=[N+]([O-])c1ccc(N(c2ccc(-c3ccc(N(c4ccc([N+](=O)[O-])cc4)c4ccc([N+](=O)[O-])cc4)cc3)cc2)c2ccc([N+](=O)[O-])cc2)cc1. The zero-order chi connectivity index (χ0) is 35.4. The van der Waals surface area contributed by atoms with E-state index in [1.807, 2.05) is 58.3 Å². The number of benzene rings is 6. The molecule has 0 radical (unpaired) electrons. The molecule has 0 unspecified atom stereocenters. The van der Waals surface area contributed by atoms with Crippen LogP contribution in [-0.4, -0.2) is 19.7 Å². The number of hydrogen-bond donors (Lipinski definition) is 0. The van der Waals surface area contributed by atoms with Gasteiger partial charge in [-0.15, -0.1) is 0 Å². The van der Waals surface area contributed by atoms with Gasteiger partial charge >= 0.3 is 0 Å². The average Bonchev–Trinajstić information content (AvgIpc) is 3.13. The molecular formula is C36H24N6O8. The third-order valence-electron chi connectivity index (χ3n) is 7.86. The van der Waals surface area contributed by atoms with Gasteiger partial charge in [-0.1, -0.05) is 24.3 Å². The third kappa shape index (κ3) is 6.79. The summed E-state index contributed by atoms with van der Waals surface area (Å²) in [6.45, 7) is 0. The van der Waals surface area contributed by atoms with Crippen molar-refractivity contribution in [2.75, 3.05) is 9.80 Å². The Balaban J connectivity index is 1.32. The van der Waals surface area contributed by atoms with E-state index < -0.39 is 19.7 Å². The predicted molar refractivity (Wildman–Crippen MR) is 188 cm³/mol. The second kappa shape index (κ2) is 13.7. The fourth-order valence-corrected chi connectivity index (χ4v) is 5.39. The fourth-order valence-electron chi connectivity index (χ4n) is 5.39. The average molecular weight is 669 g/mol. The molecule has 0 amide bonds. The monoisotopic (exact) mass is 668 g/mol. The van der Waals surface area contributed by atoms with Crippen LogP contribution in [0.15, 0.2) is 146 Å². The molecule has 6 aromatic carbocycles. The lowest BCUT2D eigenvalue weighted by molar-refractivity contribution is -0.385. The van der Waals surface area contributed by atoms with E-state index in [9.17, 15) is 40.5 Å². The van der Waals surface area contributed by atoms with Gasteiger partial charge in [0.05, 0.1) is 19.7 Å². The van der Waals surface area contributed by atoms with Crippen molar-refractivity contribution in [2.24, 2.45) is 0 Å². The maximum atomic E-state index is 11.2. The van der Waals surface area contributed by atoms with E-state index in [4.69, 9.17) is 0 Å². The van der Waals surface area contributed by atoms with Crippen LogP contribution in [0.25, 0.3) is 11.1 Å². The van der Waals surface area contributed by atoms with Crippen molar-refractivity contribution in [1.29, 1.82) is 0 Å². The van der Waals surface area contributed by atoms with Crippen LogP contribution in [0.3, 0.4) is 0 Å². The van der Waals surface area contributed by atoms with E-state index in [0.717, 1.165) is 11.1 Å². The van der Waals surface area contributed by atoms with Crippen molar-refractivity contribution in [3.05, 3.63) is 186 Å². The minimum atomic E-state index is -0.489. The van der Waals surface area contributed by atoms with Crippen molar-refractivity contribution < 1.29 is 19.7 Å². The van der Waals surface area contributed by atoms with Crippen LogP contribution in [0, 0.1) is 40.5 Å². The Labute approximate surface area is 283 Å². The van der Waals surface area contributed by atoms with E-state index in [-0.39, 0.29) is 22.7 Å². The van der Waals surface area contributed by atoms with Crippen LogP contribution < -0.4 is 9.80 Å². The highest BCUT2D eigenvalue weighted by Crippen LogP contribution is 2.39. The number of rotatable bonds is 11. The summed E-state index contributed by atoms with van der Waals surface area (Å²) in [5.74, 6) is 0. The minimum Gasteiger partial charge on any atom is -0.310 e. The Hall–Kier alpha value is -7.48. The molecule has 0 heterocycles. The largest absolute Gasteiger partial charge is 0.310 e. The van der Waals surface area contributed by atoms with E-state index in [1.54, 1.807) is 48.5 Å². The lowest BCUT2D eigenvalue weighted by atomic mass is 10.0. The Morgan fingerprint density at radius 1 is 0.280 bits per heavy atom. The first kappa shape index (κ1) is 32.5. The highest BCUT2D eigenvalue weighted by Gasteiger charge is 2.18. The normalized spacial score (nSPS) is 10.6. The minimum absolute atomic E-state index is 0.0723. The predicted octanol–water partition coefficient (Wildman–Crippen LogP) is 9.93. The van der Waals surface area contributed by atoms with E-state index in [2.05, 4.69) is 0 Å². The van der Waals surface area contributed by atoms with Gasteiger partial charge in [0.2, 0.25) is 0 Å². The van der Waals surface area contributed by atoms with Gasteiger partial charge in [0.1, 0.15) is 0 Å². The van der Waals surface area contributed by atoms with Crippen LogP contribution in [0.4, 0.5) is 56.9 Å². The Bertz CT molecular complexity index is 1920. The van der Waals surface area contributed by atoms with Crippen molar-refractivity contribution in [2.45, 2.75) is 0 Å². The zero-order valence-corrected chi connectivity index (χ0v) is 25.8. The van der Waals surface area contributed by atoms with Crippen molar-refractivity contribution in [3.8, 4) is 11.1 Å². The number of nitro groups is 4. The standard InChI is InChI=1S/C36H24N6O8/c43-39(44)33-17-9-29(10-18-33)37(30-11-19-34(20-12-30)40(45)46)27-5-1-25(2-6-27)26-3-7-28(8-4-26)38(31-13-21-35(22-14-31)41(47)48)32-15-23-36(24-16-32)42(49)50/h1-24H. The summed E-state index contributed by atoms with van der Waals surface area (Å²) < 4.78 is 0. The topological polar surface area (TPSA) is 179 Å². The fraction of sp³-hybridized carbons (Fsp3) is 0. The Morgan fingerprint density at radius 3 is 0.600 bits per heavy atom. The number of anilines is 6. The van der Waals surface area contributed by atoms with Gasteiger partial charge < -0.3 is 9.80 Å². The van der Waals surface area contributed by atoms with Gasteiger partial charge in [-0.25, -0.2) is 0 Å². The molecule has 6 aromatic rings. The molecule has 0 fully saturated rings. The van der Waals surface area contributed by atoms with Crippen LogP contribution in [0.2, 0.25) is 0 Å². The first-order chi connectivity index (χ1) is 24.1. The molecule has 0 atom stereocenters. The molecule has 14 nitrogen and oxygen atoms in total. The highest BCUT2D eigenvalue weighted by atomic mass is 16.6. The smallest absolute Gasteiger partial charge is 0.269 e. The number of nitro benzene ring substituents is 4. The summed E-state index contributed by atoms with van der Waals surface area (Å²) >= 11 is 0. The summed E-state index contributed by atoms with van der Waals surface area (Å²) in [4.78, 5) is 46.7. The molecule has 0 saturated heterocycles. The molecule has 0 aliphatic carbocycles. The molecule has 0 bridgehead atoms. The van der Waals surface area contributed by atoms with Gasteiger partial charge in [-0.3, -0.25) is 40.5 Å². The van der Waals surface area contributed by atoms with E-state index in [1.165, 1.54) is 48.5 Å². The number of hydrogen-bond acceptors (Lipinski definition) is 10.